The predicted molar refractivity (Wildman–Crippen MR) is 99.4 cm³/mol. The first-order valence-electron chi connectivity index (χ1n) is 9.19. The second-order valence-corrected chi connectivity index (χ2v) is 6.97. The molecule has 3 N–H and O–H groups in total. The summed E-state index contributed by atoms with van der Waals surface area (Å²) >= 11 is 0. The molecule has 0 saturated carbocycles. The minimum absolute atomic E-state index is 0.0330. The first kappa shape index (κ1) is 21.5. The van der Waals surface area contributed by atoms with Crippen LogP contribution in [0, 0.1) is 12.7 Å². The zero-order chi connectivity index (χ0) is 20.7. The van der Waals surface area contributed by atoms with E-state index in [1.54, 1.807) is 13.0 Å². The maximum atomic E-state index is 14.3. The van der Waals surface area contributed by atoms with Crippen LogP contribution in [0.4, 0.5) is 4.39 Å². The molecule has 28 heavy (non-hydrogen) atoms. The normalized spacial score (nSPS) is 19.4. The van der Waals surface area contributed by atoms with Crippen molar-refractivity contribution >= 4 is 12.4 Å². The van der Waals surface area contributed by atoms with Crippen molar-refractivity contribution < 1.29 is 28.5 Å². The molecular formula is C19H26FN4O4+. The van der Waals surface area contributed by atoms with Crippen molar-refractivity contribution in [1.82, 2.24) is 15.5 Å². The fourth-order valence-corrected chi connectivity index (χ4v) is 3.39. The van der Waals surface area contributed by atoms with Crippen LogP contribution in [0.15, 0.2) is 22.7 Å². The van der Waals surface area contributed by atoms with E-state index in [-0.39, 0.29) is 35.4 Å². The van der Waals surface area contributed by atoms with Gasteiger partial charge in [-0.3, -0.25) is 9.59 Å². The summed E-state index contributed by atoms with van der Waals surface area (Å²) in [5.74, 6) is -0.265. The Balaban J connectivity index is 0.000000878. The van der Waals surface area contributed by atoms with Gasteiger partial charge >= 0.3 is 0 Å². The van der Waals surface area contributed by atoms with Crippen molar-refractivity contribution in [3.8, 4) is 11.4 Å². The molecule has 1 unspecified atom stereocenters. The SMILES string of the molecule is Cc1nc(-c2ccc(C(=O)N[C@H](C)C[NH+]3CCC[C@@H]3C)cc2F)no1.O=CO. The lowest BCUT2D eigenvalue weighted by Gasteiger charge is -2.22. The Morgan fingerprint density at radius 1 is 1.54 bits per heavy atom. The average Bonchev–Trinajstić information content (AvgIpc) is 3.24. The maximum absolute atomic E-state index is 14.3. The second kappa shape index (κ2) is 9.93. The predicted octanol–water partition coefficient (Wildman–Crippen LogP) is 1.07. The summed E-state index contributed by atoms with van der Waals surface area (Å²) in [6, 6.07) is 4.97. The molecule has 3 atom stereocenters. The number of nitrogens with zero attached hydrogens (tertiary/aromatic N) is 2. The summed E-state index contributed by atoms with van der Waals surface area (Å²) < 4.78 is 19.2. The molecule has 0 spiro atoms. The van der Waals surface area contributed by atoms with Crippen LogP contribution in [0.1, 0.15) is 42.9 Å². The van der Waals surface area contributed by atoms with Gasteiger partial charge in [-0.1, -0.05) is 5.16 Å². The number of carboxylic acid groups (broad SMARTS) is 1. The van der Waals surface area contributed by atoms with Gasteiger partial charge in [0.25, 0.3) is 12.4 Å². The van der Waals surface area contributed by atoms with E-state index < -0.39 is 5.82 Å². The second-order valence-electron chi connectivity index (χ2n) is 6.97. The van der Waals surface area contributed by atoms with Gasteiger partial charge in [0.15, 0.2) is 0 Å². The van der Waals surface area contributed by atoms with Crippen LogP contribution >= 0.6 is 0 Å². The molecule has 8 nitrogen and oxygen atoms in total. The third-order valence-electron chi connectivity index (χ3n) is 4.78. The number of quaternary nitrogens is 1. The number of likely N-dealkylation sites (tertiary alicyclic amines) is 1. The Hall–Kier alpha value is -2.81. The van der Waals surface area contributed by atoms with Crippen LogP contribution in [0.25, 0.3) is 11.4 Å². The molecule has 1 amide bonds. The Labute approximate surface area is 162 Å². The van der Waals surface area contributed by atoms with Gasteiger partial charge < -0.3 is 19.8 Å². The molecule has 0 radical (unpaired) electrons. The third-order valence-corrected chi connectivity index (χ3v) is 4.78. The number of hydrogen-bond donors (Lipinski definition) is 3. The Morgan fingerprint density at radius 2 is 2.25 bits per heavy atom. The van der Waals surface area contributed by atoms with E-state index in [0.29, 0.717) is 11.9 Å². The van der Waals surface area contributed by atoms with Crippen LogP contribution < -0.4 is 10.2 Å². The van der Waals surface area contributed by atoms with Gasteiger partial charge in [-0.25, -0.2) is 4.39 Å². The van der Waals surface area contributed by atoms with Crippen molar-refractivity contribution in [2.24, 2.45) is 0 Å². The van der Waals surface area contributed by atoms with E-state index >= 15 is 0 Å². The number of rotatable bonds is 5. The van der Waals surface area contributed by atoms with Crippen molar-refractivity contribution in [1.29, 1.82) is 0 Å². The summed E-state index contributed by atoms with van der Waals surface area (Å²) in [6.45, 7) is 7.65. The van der Waals surface area contributed by atoms with Crippen LogP contribution in [-0.4, -0.2) is 52.8 Å². The van der Waals surface area contributed by atoms with Crippen LogP contribution in [0.5, 0.6) is 0 Å². The van der Waals surface area contributed by atoms with Gasteiger partial charge in [-0.15, -0.1) is 0 Å². The quantitative estimate of drug-likeness (QED) is 0.656. The molecule has 1 aromatic heterocycles. The van der Waals surface area contributed by atoms with Crippen molar-refractivity contribution in [2.45, 2.75) is 45.7 Å². The van der Waals surface area contributed by atoms with E-state index in [2.05, 4.69) is 22.4 Å². The molecule has 9 heteroatoms. The van der Waals surface area contributed by atoms with Crippen LogP contribution in [0.2, 0.25) is 0 Å². The monoisotopic (exact) mass is 393 g/mol. The van der Waals surface area contributed by atoms with Crippen molar-refractivity contribution in [2.75, 3.05) is 13.1 Å². The van der Waals surface area contributed by atoms with E-state index in [9.17, 15) is 9.18 Å². The fraction of sp³-hybridized carbons (Fsp3) is 0.474. The summed E-state index contributed by atoms with van der Waals surface area (Å²) in [5, 5.41) is 13.6. The molecule has 152 valence electrons. The highest BCUT2D eigenvalue weighted by molar-refractivity contribution is 5.94. The summed E-state index contributed by atoms with van der Waals surface area (Å²) in [7, 11) is 0. The first-order chi connectivity index (χ1) is 13.3. The van der Waals surface area contributed by atoms with Crippen molar-refractivity contribution in [3.05, 3.63) is 35.5 Å². The zero-order valence-corrected chi connectivity index (χ0v) is 16.2. The standard InChI is InChI=1S/C18H23FN4O2.CH2O2/c1-11(10-23-8-4-5-12(23)2)20-18(24)14-6-7-15(16(19)9-14)17-21-13(3)25-22-17;2-1-3/h6-7,9,11-12H,4-5,8,10H2,1-3H3,(H,20,24);1H,(H,2,3)/p+1/t11-,12+;/m1./s1. The number of halogens is 1. The topological polar surface area (TPSA) is 110 Å². The number of hydrogen-bond acceptors (Lipinski definition) is 5. The molecule has 1 aromatic carbocycles. The molecular weight excluding hydrogens is 367 g/mol. The highest BCUT2D eigenvalue weighted by Gasteiger charge is 2.26. The molecule has 1 aliphatic rings. The Bertz CT molecular complexity index is 811. The van der Waals surface area contributed by atoms with Gasteiger partial charge in [0.05, 0.1) is 30.7 Å². The number of aromatic nitrogens is 2. The third kappa shape index (κ3) is 5.59. The maximum Gasteiger partial charge on any atom is 0.290 e. The molecule has 2 heterocycles. The molecule has 1 fully saturated rings. The van der Waals surface area contributed by atoms with E-state index in [4.69, 9.17) is 14.4 Å². The highest BCUT2D eigenvalue weighted by Crippen LogP contribution is 2.21. The smallest absolute Gasteiger partial charge is 0.290 e. The van der Waals surface area contributed by atoms with Crippen molar-refractivity contribution in [3.63, 3.8) is 0 Å². The number of carbonyl (C=O) groups is 2. The van der Waals surface area contributed by atoms with E-state index in [0.717, 1.165) is 13.1 Å². The molecule has 1 aliphatic heterocycles. The van der Waals surface area contributed by atoms with Crippen LogP contribution in [0.3, 0.4) is 0 Å². The molecule has 2 aromatic rings. The van der Waals surface area contributed by atoms with Gasteiger partial charge in [-0.2, -0.15) is 4.98 Å². The molecule has 3 rings (SSSR count). The Morgan fingerprint density at radius 3 is 2.79 bits per heavy atom. The number of benzene rings is 1. The summed E-state index contributed by atoms with van der Waals surface area (Å²) in [4.78, 5) is 26.3. The molecule has 1 saturated heterocycles. The average molecular weight is 393 g/mol. The van der Waals surface area contributed by atoms with Gasteiger partial charge in [0, 0.05) is 25.3 Å². The van der Waals surface area contributed by atoms with Crippen LogP contribution in [-0.2, 0) is 4.79 Å². The summed E-state index contributed by atoms with van der Waals surface area (Å²) in [5.41, 5.74) is 0.509. The lowest BCUT2D eigenvalue weighted by molar-refractivity contribution is -0.911. The Kier molecular flexibility index (Phi) is 7.62. The fourth-order valence-electron chi connectivity index (χ4n) is 3.39. The summed E-state index contributed by atoms with van der Waals surface area (Å²) in [6.07, 6.45) is 2.47. The van der Waals surface area contributed by atoms with Gasteiger partial charge in [0.1, 0.15) is 5.82 Å². The number of nitrogens with one attached hydrogen (secondary N) is 2. The minimum atomic E-state index is -0.542. The molecule has 0 bridgehead atoms. The van der Waals surface area contributed by atoms with E-state index in [1.807, 2.05) is 6.92 Å². The highest BCUT2D eigenvalue weighted by atomic mass is 19.1. The number of amides is 1. The lowest BCUT2D eigenvalue weighted by Crippen LogP contribution is -3.14. The number of aryl methyl sites for hydroxylation is 1. The zero-order valence-electron chi connectivity index (χ0n) is 16.2. The molecule has 0 aliphatic carbocycles. The van der Waals surface area contributed by atoms with E-state index in [1.165, 1.54) is 29.9 Å². The minimum Gasteiger partial charge on any atom is -0.483 e. The number of carbonyl (C=O) groups excluding carboxylic acids is 1. The van der Waals surface area contributed by atoms with Gasteiger partial charge in [-0.05, 0) is 32.0 Å². The largest absolute Gasteiger partial charge is 0.483 e. The lowest BCUT2D eigenvalue weighted by atomic mass is 10.1. The van der Waals surface area contributed by atoms with Gasteiger partial charge in [0.2, 0.25) is 11.7 Å². The first-order valence-corrected chi connectivity index (χ1v) is 9.19.